The highest BCUT2D eigenvalue weighted by atomic mass is 32.2. The number of carbonyl (C=O) groups excluding carboxylic acids is 1. The van der Waals surface area contributed by atoms with Crippen molar-refractivity contribution in [2.24, 2.45) is 5.92 Å². The molecule has 2 heterocycles. The van der Waals surface area contributed by atoms with Crippen LogP contribution in [0.2, 0.25) is 0 Å². The van der Waals surface area contributed by atoms with Crippen LogP contribution < -0.4 is 5.32 Å². The van der Waals surface area contributed by atoms with Gasteiger partial charge in [-0.25, -0.2) is 13.1 Å². The summed E-state index contributed by atoms with van der Waals surface area (Å²) in [6.07, 6.45) is 3.87. The number of amides is 1. The van der Waals surface area contributed by atoms with E-state index in [1.807, 2.05) is 22.9 Å². The smallest absolute Gasteiger partial charge is 0.224 e. The summed E-state index contributed by atoms with van der Waals surface area (Å²) in [6.45, 7) is 0. The Morgan fingerprint density at radius 2 is 2.16 bits per heavy atom. The van der Waals surface area contributed by atoms with Crippen LogP contribution in [0.3, 0.4) is 0 Å². The number of hydrogen-bond donors (Lipinski definition) is 1. The van der Waals surface area contributed by atoms with Crippen LogP contribution in [0.4, 0.5) is 5.69 Å². The summed E-state index contributed by atoms with van der Waals surface area (Å²) in [5, 5.41) is 15.9. The summed E-state index contributed by atoms with van der Waals surface area (Å²) < 4.78 is 24.6. The first kappa shape index (κ1) is 15.9. The molecule has 0 saturated heterocycles. The van der Waals surface area contributed by atoms with E-state index < -0.39 is 9.84 Å². The van der Waals surface area contributed by atoms with Crippen LogP contribution in [0.1, 0.15) is 25.3 Å². The molecule has 1 amide bonds. The molecular weight excluding hydrogens is 342 g/mol. The molecule has 0 bridgehead atoms. The molecule has 1 aliphatic heterocycles. The molecule has 1 atom stereocenters. The van der Waals surface area contributed by atoms with Gasteiger partial charge in [0, 0.05) is 29.0 Å². The average Bonchev–Trinajstić information content (AvgIpc) is 3.18. The zero-order valence-electron chi connectivity index (χ0n) is 13.4. The number of hydrogen-bond acceptors (Lipinski definition) is 6. The highest BCUT2D eigenvalue weighted by molar-refractivity contribution is 7.94. The molecule has 25 heavy (non-hydrogen) atoms. The summed E-state index contributed by atoms with van der Waals surface area (Å²) in [4.78, 5) is 12.2. The second kappa shape index (κ2) is 6.07. The molecule has 1 aromatic carbocycles. The molecule has 1 N–H and O–H groups in total. The van der Waals surface area contributed by atoms with Crippen LogP contribution in [0.15, 0.2) is 35.7 Å². The van der Waals surface area contributed by atoms with Crippen molar-refractivity contribution in [3.8, 4) is 11.4 Å². The van der Waals surface area contributed by atoms with Crippen LogP contribution in [-0.4, -0.2) is 40.3 Å². The number of rotatable bonds is 5. The normalized spacial score (nSPS) is 21.4. The topological polar surface area (TPSA) is 107 Å². The Labute approximate surface area is 144 Å². The van der Waals surface area contributed by atoms with E-state index in [0.717, 1.165) is 18.4 Å². The Morgan fingerprint density at radius 3 is 2.88 bits per heavy atom. The highest BCUT2D eigenvalue weighted by Crippen LogP contribution is 2.36. The quantitative estimate of drug-likeness (QED) is 0.868. The summed E-state index contributed by atoms with van der Waals surface area (Å²) in [5.74, 6) is 0.195. The van der Waals surface area contributed by atoms with E-state index >= 15 is 0 Å². The summed E-state index contributed by atoms with van der Waals surface area (Å²) in [7, 11) is -3.14. The zero-order valence-corrected chi connectivity index (χ0v) is 14.2. The lowest BCUT2D eigenvalue weighted by Crippen LogP contribution is -2.17. The lowest BCUT2D eigenvalue weighted by molar-refractivity contribution is -0.116. The fourth-order valence-electron chi connectivity index (χ4n) is 2.90. The van der Waals surface area contributed by atoms with Crippen LogP contribution in [0.5, 0.6) is 0 Å². The van der Waals surface area contributed by atoms with Gasteiger partial charge in [0.05, 0.1) is 11.8 Å². The van der Waals surface area contributed by atoms with Gasteiger partial charge in [0.25, 0.3) is 0 Å². The van der Waals surface area contributed by atoms with E-state index in [9.17, 15) is 13.2 Å². The Bertz CT molecular complexity index is 946. The minimum absolute atomic E-state index is 0.00335. The van der Waals surface area contributed by atoms with Gasteiger partial charge in [-0.1, -0.05) is 18.2 Å². The third-order valence-electron chi connectivity index (χ3n) is 4.24. The maximum atomic E-state index is 12.2. The van der Waals surface area contributed by atoms with Gasteiger partial charge in [0.2, 0.25) is 5.91 Å². The minimum Gasteiger partial charge on any atom is -0.326 e. The SMILES string of the molecule is O=C(CC1C=CS(=O)(=O)C1)Nc1cccc(-c2nnnn2C2CC2)c1. The van der Waals surface area contributed by atoms with E-state index in [0.29, 0.717) is 17.6 Å². The molecule has 0 radical (unpaired) electrons. The molecule has 1 aliphatic carbocycles. The highest BCUT2D eigenvalue weighted by Gasteiger charge is 2.28. The molecule has 2 aromatic rings. The van der Waals surface area contributed by atoms with Gasteiger partial charge in [-0.3, -0.25) is 4.79 Å². The first-order valence-electron chi connectivity index (χ1n) is 8.09. The van der Waals surface area contributed by atoms with Crippen molar-refractivity contribution in [1.29, 1.82) is 0 Å². The molecule has 4 rings (SSSR count). The first-order chi connectivity index (χ1) is 12.0. The fourth-order valence-corrected chi connectivity index (χ4v) is 4.30. The maximum Gasteiger partial charge on any atom is 0.224 e. The molecule has 9 heteroatoms. The molecule has 1 aromatic heterocycles. The number of nitrogens with one attached hydrogen (secondary N) is 1. The predicted molar refractivity (Wildman–Crippen MR) is 91.2 cm³/mol. The minimum atomic E-state index is -3.14. The van der Waals surface area contributed by atoms with Crippen molar-refractivity contribution in [3.05, 3.63) is 35.7 Å². The fraction of sp³-hybridized carbons (Fsp3) is 0.375. The van der Waals surface area contributed by atoms with E-state index in [1.54, 1.807) is 12.1 Å². The van der Waals surface area contributed by atoms with Gasteiger partial charge >= 0.3 is 0 Å². The number of anilines is 1. The summed E-state index contributed by atoms with van der Waals surface area (Å²) in [5.41, 5.74) is 1.47. The standard InChI is InChI=1S/C16H17N5O3S/c22-15(8-11-6-7-25(23,24)10-11)17-13-3-1-2-12(9-13)16-18-19-20-21(16)14-4-5-14/h1-3,6-7,9,11,14H,4-5,8,10H2,(H,17,22). The number of aromatic nitrogens is 4. The Kier molecular flexibility index (Phi) is 3.87. The van der Waals surface area contributed by atoms with E-state index in [2.05, 4.69) is 20.8 Å². The molecule has 1 fully saturated rings. The van der Waals surface area contributed by atoms with E-state index in [-0.39, 0.29) is 24.0 Å². The van der Waals surface area contributed by atoms with Crippen molar-refractivity contribution >= 4 is 21.4 Å². The zero-order chi connectivity index (χ0) is 17.4. The number of sulfone groups is 1. The first-order valence-corrected chi connectivity index (χ1v) is 9.81. The monoisotopic (exact) mass is 359 g/mol. The van der Waals surface area contributed by atoms with Crippen LogP contribution in [0, 0.1) is 5.92 Å². The number of benzene rings is 1. The van der Waals surface area contributed by atoms with E-state index in [4.69, 9.17) is 0 Å². The Hall–Kier alpha value is -2.55. The van der Waals surface area contributed by atoms with Gasteiger partial charge in [-0.15, -0.1) is 5.10 Å². The van der Waals surface area contributed by atoms with Gasteiger partial charge < -0.3 is 5.32 Å². The van der Waals surface area contributed by atoms with Crippen molar-refractivity contribution in [2.45, 2.75) is 25.3 Å². The lowest BCUT2D eigenvalue weighted by Gasteiger charge is -2.09. The Morgan fingerprint density at radius 1 is 1.32 bits per heavy atom. The summed E-state index contributed by atoms with van der Waals surface area (Å²) in [6, 6.07) is 7.69. The number of nitrogens with zero attached hydrogens (tertiary/aromatic N) is 4. The van der Waals surface area contributed by atoms with E-state index in [1.165, 1.54) is 5.41 Å². The predicted octanol–water partition coefficient (Wildman–Crippen LogP) is 1.56. The third-order valence-corrected chi connectivity index (χ3v) is 5.71. The van der Waals surface area contributed by atoms with Crippen molar-refractivity contribution in [1.82, 2.24) is 20.2 Å². The third kappa shape index (κ3) is 3.60. The van der Waals surface area contributed by atoms with Crippen LogP contribution in [-0.2, 0) is 14.6 Å². The van der Waals surface area contributed by atoms with Gasteiger partial charge in [0.15, 0.2) is 15.7 Å². The second-order valence-corrected chi connectivity index (χ2v) is 8.36. The van der Waals surface area contributed by atoms with Crippen molar-refractivity contribution in [2.75, 3.05) is 11.1 Å². The largest absolute Gasteiger partial charge is 0.326 e. The van der Waals surface area contributed by atoms with Crippen molar-refractivity contribution < 1.29 is 13.2 Å². The van der Waals surface area contributed by atoms with Gasteiger partial charge in [-0.2, -0.15) is 0 Å². The number of carbonyl (C=O) groups is 1. The van der Waals surface area contributed by atoms with Gasteiger partial charge in [-0.05, 0) is 35.4 Å². The molecule has 2 aliphatic rings. The Balaban J connectivity index is 1.45. The molecule has 1 saturated carbocycles. The van der Waals surface area contributed by atoms with Gasteiger partial charge in [0.1, 0.15) is 0 Å². The average molecular weight is 359 g/mol. The molecular formula is C16H17N5O3S. The molecule has 1 unspecified atom stereocenters. The maximum absolute atomic E-state index is 12.2. The van der Waals surface area contributed by atoms with Crippen LogP contribution >= 0.6 is 0 Å². The van der Waals surface area contributed by atoms with Crippen molar-refractivity contribution in [3.63, 3.8) is 0 Å². The lowest BCUT2D eigenvalue weighted by atomic mass is 10.1. The number of allylic oxidation sites excluding steroid dienone is 1. The number of tetrazole rings is 1. The molecule has 0 spiro atoms. The molecule has 8 nitrogen and oxygen atoms in total. The van der Waals surface area contributed by atoms with Crippen LogP contribution in [0.25, 0.3) is 11.4 Å². The second-order valence-electron chi connectivity index (χ2n) is 6.43. The molecule has 130 valence electrons. The summed E-state index contributed by atoms with van der Waals surface area (Å²) >= 11 is 0.